The first-order chi connectivity index (χ1) is 8.13. The quantitative estimate of drug-likeness (QED) is 0.916. The largest absolute Gasteiger partial charge is 0.386 e. The fraction of sp³-hybridized carbons (Fsp3) is 0.250. The molecule has 0 aliphatic carbocycles. The molecule has 17 heavy (non-hydrogen) atoms. The molecule has 0 aliphatic heterocycles. The standard InChI is InChI=1S/C12H13BrN2OS/c1-7-11(10(16)6-14)17-12(15-7)8-4-2-3-5-9(8)13/h2-5,10,16H,6,14H2,1H3. The molecule has 1 aromatic heterocycles. The van der Waals surface area contributed by atoms with Gasteiger partial charge in [-0.1, -0.05) is 34.1 Å². The van der Waals surface area contributed by atoms with Crippen molar-refractivity contribution in [2.75, 3.05) is 6.54 Å². The summed E-state index contributed by atoms with van der Waals surface area (Å²) in [5.41, 5.74) is 7.35. The summed E-state index contributed by atoms with van der Waals surface area (Å²) in [5, 5.41) is 10.7. The molecular formula is C12H13BrN2OS. The molecular weight excluding hydrogens is 300 g/mol. The van der Waals surface area contributed by atoms with E-state index in [1.165, 1.54) is 11.3 Å². The van der Waals surface area contributed by atoms with Crippen molar-refractivity contribution in [3.05, 3.63) is 39.3 Å². The Labute approximate surface area is 112 Å². The van der Waals surface area contributed by atoms with Crippen LogP contribution in [0.5, 0.6) is 0 Å². The number of thiazole rings is 1. The van der Waals surface area contributed by atoms with Crippen LogP contribution in [0.1, 0.15) is 16.7 Å². The molecule has 0 fully saturated rings. The minimum atomic E-state index is -0.622. The van der Waals surface area contributed by atoms with Crippen molar-refractivity contribution in [3.63, 3.8) is 0 Å². The Balaban J connectivity index is 2.45. The van der Waals surface area contributed by atoms with Gasteiger partial charge in [0.2, 0.25) is 0 Å². The molecule has 2 rings (SSSR count). The van der Waals surface area contributed by atoms with Gasteiger partial charge in [-0.25, -0.2) is 4.98 Å². The Kier molecular flexibility index (Phi) is 3.93. The van der Waals surface area contributed by atoms with E-state index in [2.05, 4.69) is 20.9 Å². The number of hydrogen-bond donors (Lipinski definition) is 2. The number of nitrogens with zero attached hydrogens (tertiary/aromatic N) is 1. The normalized spacial score (nSPS) is 12.7. The zero-order valence-corrected chi connectivity index (χ0v) is 11.8. The maximum atomic E-state index is 9.77. The van der Waals surface area contributed by atoms with E-state index in [1.807, 2.05) is 31.2 Å². The first kappa shape index (κ1) is 12.7. The van der Waals surface area contributed by atoms with Gasteiger partial charge in [0.05, 0.1) is 10.6 Å². The topological polar surface area (TPSA) is 59.1 Å². The number of halogens is 1. The molecule has 0 saturated heterocycles. The molecule has 5 heteroatoms. The molecule has 0 aliphatic rings. The van der Waals surface area contributed by atoms with E-state index in [1.54, 1.807) is 0 Å². The first-order valence-electron chi connectivity index (χ1n) is 5.24. The van der Waals surface area contributed by atoms with Gasteiger partial charge in [-0.15, -0.1) is 11.3 Å². The number of nitrogens with two attached hydrogens (primary N) is 1. The van der Waals surface area contributed by atoms with E-state index in [4.69, 9.17) is 5.73 Å². The molecule has 1 heterocycles. The Morgan fingerprint density at radius 2 is 2.18 bits per heavy atom. The summed E-state index contributed by atoms with van der Waals surface area (Å²) in [6, 6.07) is 7.91. The number of hydrogen-bond acceptors (Lipinski definition) is 4. The van der Waals surface area contributed by atoms with Crippen molar-refractivity contribution in [2.45, 2.75) is 13.0 Å². The molecule has 0 spiro atoms. The summed E-state index contributed by atoms with van der Waals surface area (Å²) in [4.78, 5) is 5.33. The lowest BCUT2D eigenvalue weighted by Crippen LogP contribution is -2.10. The second-order valence-electron chi connectivity index (χ2n) is 3.70. The Morgan fingerprint density at radius 3 is 2.82 bits per heavy atom. The zero-order chi connectivity index (χ0) is 12.4. The van der Waals surface area contributed by atoms with Gasteiger partial charge in [-0.3, -0.25) is 0 Å². The summed E-state index contributed by atoms with van der Waals surface area (Å²) in [6.45, 7) is 2.11. The Bertz CT molecular complexity index is 527. The molecule has 3 nitrogen and oxygen atoms in total. The summed E-state index contributed by atoms with van der Waals surface area (Å²) in [6.07, 6.45) is -0.622. The second kappa shape index (κ2) is 5.27. The van der Waals surface area contributed by atoms with Crippen LogP contribution in [0.3, 0.4) is 0 Å². The van der Waals surface area contributed by atoms with Crippen molar-refractivity contribution in [2.24, 2.45) is 5.73 Å². The van der Waals surface area contributed by atoms with Gasteiger partial charge < -0.3 is 10.8 Å². The Morgan fingerprint density at radius 1 is 1.47 bits per heavy atom. The monoisotopic (exact) mass is 312 g/mol. The van der Waals surface area contributed by atoms with Crippen LogP contribution in [0.4, 0.5) is 0 Å². The lowest BCUT2D eigenvalue weighted by atomic mass is 10.2. The smallest absolute Gasteiger partial charge is 0.125 e. The van der Waals surface area contributed by atoms with Gasteiger partial charge >= 0.3 is 0 Å². The molecule has 1 atom stereocenters. The van der Waals surface area contributed by atoms with Crippen LogP contribution in [0.15, 0.2) is 28.7 Å². The van der Waals surface area contributed by atoms with Crippen LogP contribution in [-0.2, 0) is 0 Å². The lowest BCUT2D eigenvalue weighted by molar-refractivity contribution is 0.189. The van der Waals surface area contributed by atoms with Gasteiger partial charge in [0.1, 0.15) is 11.1 Å². The third kappa shape index (κ3) is 2.57. The third-order valence-corrected chi connectivity index (χ3v) is 4.45. The SMILES string of the molecule is Cc1nc(-c2ccccc2Br)sc1C(O)CN. The van der Waals surface area contributed by atoms with Crippen molar-refractivity contribution in [3.8, 4) is 10.6 Å². The highest BCUT2D eigenvalue weighted by Crippen LogP contribution is 2.35. The van der Waals surface area contributed by atoms with Crippen LogP contribution in [0.25, 0.3) is 10.6 Å². The molecule has 3 N–H and O–H groups in total. The highest BCUT2D eigenvalue weighted by Gasteiger charge is 2.16. The third-order valence-electron chi connectivity index (χ3n) is 2.46. The van der Waals surface area contributed by atoms with Gasteiger partial charge in [-0.2, -0.15) is 0 Å². The van der Waals surface area contributed by atoms with Crippen molar-refractivity contribution in [1.82, 2.24) is 4.98 Å². The number of aliphatic hydroxyl groups excluding tert-OH is 1. The molecule has 0 saturated carbocycles. The van der Waals surface area contributed by atoms with Crippen LogP contribution in [-0.4, -0.2) is 16.6 Å². The number of aromatic nitrogens is 1. The van der Waals surface area contributed by atoms with E-state index in [0.29, 0.717) is 0 Å². The van der Waals surface area contributed by atoms with E-state index >= 15 is 0 Å². The Hall–Kier alpha value is -0.750. The first-order valence-corrected chi connectivity index (χ1v) is 6.84. The number of aliphatic hydroxyl groups is 1. The molecule has 90 valence electrons. The summed E-state index contributed by atoms with van der Waals surface area (Å²) in [5.74, 6) is 0. The van der Waals surface area contributed by atoms with Crippen molar-refractivity contribution in [1.29, 1.82) is 0 Å². The summed E-state index contributed by atoms with van der Waals surface area (Å²) < 4.78 is 1.00. The average Bonchev–Trinajstić information content (AvgIpc) is 2.71. The van der Waals surface area contributed by atoms with Gasteiger partial charge in [-0.05, 0) is 13.0 Å². The summed E-state index contributed by atoms with van der Waals surface area (Å²) >= 11 is 4.99. The van der Waals surface area contributed by atoms with Crippen molar-refractivity contribution < 1.29 is 5.11 Å². The minimum absolute atomic E-state index is 0.221. The van der Waals surface area contributed by atoms with E-state index in [-0.39, 0.29) is 6.54 Å². The van der Waals surface area contributed by atoms with E-state index < -0.39 is 6.10 Å². The maximum Gasteiger partial charge on any atom is 0.125 e. The lowest BCUT2D eigenvalue weighted by Gasteiger charge is -2.04. The zero-order valence-electron chi connectivity index (χ0n) is 9.35. The molecule has 2 aromatic rings. The number of rotatable bonds is 3. The number of aryl methyl sites for hydroxylation is 1. The molecule has 1 aromatic carbocycles. The highest BCUT2D eigenvalue weighted by molar-refractivity contribution is 9.10. The highest BCUT2D eigenvalue weighted by atomic mass is 79.9. The van der Waals surface area contributed by atoms with Crippen LogP contribution in [0, 0.1) is 6.92 Å². The number of benzene rings is 1. The fourth-order valence-corrected chi connectivity index (χ4v) is 3.28. The fourth-order valence-electron chi connectivity index (χ4n) is 1.57. The van der Waals surface area contributed by atoms with E-state index in [0.717, 1.165) is 25.6 Å². The van der Waals surface area contributed by atoms with Gasteiger partial charge in [0.15, 0.2) is 0 Å². The van der Waals surface area contributed by atoms with Crippen LogP contribution in [0.2, 0.25) is 0 Å². The van der Waals surface area contributed by atoms with E-state index in [9.17, 15) is 5.11 Å². The van der Waals surface area contributed by atoms with Gasteiger partial charge in [0.25, 0.3) is 0 Å². The molecule has 0 amide bonds. The average molecular weight is 313 g/mol. The van der Waals surface area contributed by atoms with Crippen LogP contribution >= 0.6 is 27.3 Å². The summed E-state index contributed by atoms with van der Waals surface area (Å²) in [7, 11) is 0. The predicted octanol–water partition coefficient (Wildman–Crippen LogP) is 2.87. The maximum absolute atomic E-state index is 9.77. The van der Waals surface area contributed by atoms with Crippen molar-refractivity contribution >= 4 is 27.3 Å². The van der Waals surface area contributed by atoms with Gasteiger partial charge in [0, 0.05) is 16.6 Å². The molecule has 0 radical (unpaired) electrons. The minimum Gasteiger partial charge on any atom is -0.386 e. The second-order valence-corrected chi connectivity index (χ2v) is 5.59. The molecule has 0 bridgehead atoms. The molecule has 1 unspecified atom stereocenters. The van der Waals surface area contributed by atoms with Crippen LogP contribution < -0.4 is 5.73 Å². The predicted molar refractivity (Wildman–Crippen MR) is 74.0 cm³/mol.